The lowest BCUT2D eigenvalue weighted by molar-refractivity contribution is -0.140. The third kappa shape index (κ3) is 6.07. The summed E-state index contributed by atoms with van der Waals surface area (Å²) in [5.41, 5.74) is 0.178. The zero-order valence-electron chi connectivity index (χ0n) is 12.4. The highest BCUT2D eigenvalue weighted by molar-refractivity contribution is 5.96. The van der Waals surface area contributed by atoms with Gasteiger partial charge in [-0.3, -0.25) is 4.79 Å². The fourth-order valence-corrected chi connectivity index (χ4v) is 1.61. The second kappa shape index (κ2) is 8.31. The smallest absolute Gasteiger partial charge is 0.326 e. The molecule has 0 aliphatic heterocycles. The van der Waals surface area contributed by atoms with Crippen LogP contribution in [0.4, 0.5) is 8.78 Å². The van der Waals surface area contributed by atoms with Crippen molar-refractivity contribution in [1.82, 2.24) is 5.32 Å². The van der Waals surface area contributed by atoms with Crippen LogP contribution in [0.1, 0.15) is 30.6 Å². The van der Waals surface area contributed by atoms with Crippen LogP contribution in [0.25, 0.3) is 0 Å². The molecule has 0 aromatic heterocycles. The third-order valence-corrected chi connectivity index (χ3v) is 2.72. The van der Waals surface area contributed by atoms with Crippen LogP contribution in [0.3, 0.4) is 0 Å². The number of alkyl halides is 2. The molecule has 0 saturated carbocycles. The maximum Gasteiger partial charge on any atom is 0.326 e. The maximum absolute atomic E-state index is 12.3. The molecule has 1 amide bonds. The van der Waals surface area contributed by atoms with E-state index >= 15 is 0 Å². The standard InChI is InChI=1S/C15H19F2NO4/c1-9(2)8-22-11-5-3-10(4-6-11)14(19)18-12(15(20)21)7-13(16)17/h3-6,9,12-13H,7-8H2,1-2H3,(H,18,19)(H,20,21). The van der Waals surface area contributed by atoms with Crippen molar-refractivity contribution in [3.63, 3.8) is 0 Å². The van der Waals surface area contributed by atoms with Crippen LogP contribution < -0.4 is 10.1 Å². The summed E-state index contributed by atoms with van der Waals surface area (Å²) in [4.78, 5) is 22.7. The van der Waals surface area contributed by atoms with Crippen molar-refractivity contribution < 1.29 is 28.2 Å². The Bertz CT molecular complexity index is 503. The molecule has 0 saturated heterocycles. The van der Waals surface area contributed by atoms with E-state index in [0.29, 0.717) is 18.3 Å². The molecular weight excluding hydrogens is 296 g/mol. The van der Waals surface area contributed by atoms with Gasteiger partial charge >= 0.3 is 5.97 Å². The Morgan fingerprint density at radius 3 is 2.27 bits per heavy atom. The van der Waals surface area contributed by atoms with Crippen molar-refractivity contribution >= 4 is 11.9 Å². The summed E-state index contributed by atoms with van der Waals surface area (Å²) in [5.74, 6) is -1.28. The van der Waals surface area contributed by atoms with E-state index in [1.54, 1.807) is 12.1 Å². The van der Waals surface area contributed by atoms with Gasteiger partial charge in [0.2, 0.25) is 6.43 Å². The molecule has 7 heteroatoms. The largest absolute Gasteiger partial charge is 0.493 e. The molecule has 1 aromatic carbocycles. The van der Waals surface area contributed by atoms with E-state index in [2.05, 4.69) is 5.32 Å². The summed E-state index contributed by atoms with van der Waals surface area (Å²) >= 11 is 0. The number of carboxylic acid groups (broad SMARTS) is 1. The monoisotopic (exact) mass is 315 g/mol. The molecule has 1 unspecified atom stereocenters. The zero-order valence-corrected chi connectivity index (χ0v) is 12.4. The normalized spacial score (nSPS) is 12.3. The van der Waals surface area contributed by atoms with Crippen molar-refractivity contribution in [2.24, 2.45) is 5.92 Å². The van der Waals surface area contributed by atoms with Crippen LogP contribution in [0.15, 0.2) is 24.3 Å². The number of benzene rings is 1. The van der Waals surface area contributed by atoms with Crippen LogP contribution in [0, 0.1) is 5.92 Å². The minimum atomic E-state index is -2.81. The van der Waals surface area contributed by atoms with E-state index in [1.807, 2.05) is 13.8 Å². The van der Waals surface area contributed by atoms with E-state index in [0.717, 1.165) is 0 Å². The zero-order chi connectivity index (χ0) is 16.7. The SMILES string of the molecule is CC(C)COc1ccc(C(=O)NC(CC(F)F)C(=O)O)cc1. The van der Waals surface area contributed by atoms with Gasteiger partial charge in [-0.25, -0.2) is 13.6 Å². The quantitative estimate of drug-likeness (QED) is 0.773. The maximum atomic E-state index is 12.3. The van der Waals surface area contributed by atoms with E-state index in [9.17, 15) is 18.4 Å². The molecule has 2 N–H and O–H groups in total. The molecular formula is C15H19F2NO4. The van der Waals surface area contributed by atoms with Gasteiger partial charge < -0.3 is 15.2 Å². The Morgan fingerprint density at radius 1 is 1.23 bits per heavy atom. The average molecular weight is 315 g/mol. The first-order valence-electron chi connectivity index (χ1n) is 6.84. The Morgan fingerprint density at radius 2 is 1.82 bits per heavy atom. The number of rotatable bonds is 8. The van der Waals surface area contributed by atoms with Gasteiger partial charge in [-0.1, -0.05) is 13.8 Å². The number of nitrogens with one attached hydrogen (secondary N) is 1. The summed E-state index contributed by atoms with van der Waals surface area (Å²) in [6.45, 7) is 4.52. The molecule has 22 heavy (non-hydrogen) atoms. The van der Waals surface area contributed by atoms with Crippen molar-refractivity contribution in [3.8, 4) is 5.75 Å². The molecule has 0 heterocycles. The van der Waals surface area contributed by atoms with Gasteiger partial charge in [0.15, 0.2) is 0 Å². The highest BCUT2D eigenvalue weighted by Crippen LogP contribution is 2.14. The number of carbonyl (C=O) groups excluding carboxylic acids is 1. The first-order valence-corrected chi connectivity index (χ1v) is 6.84. The number of hydrogen-bond donors (Lipinski definition) is 2. The Kier molecular flexibility index (Phi) is 6.75. The molecule has 5 nitrogen and oxygen atoms in total. The second-order valence-electron chi connectivity index (χ2n) is 5.22. The summed E-state index contributed by atoms with van der Waals surface area (Å²) < 4.78 is 30.0. The van der Waals surface area contributed by atoms with E-state index in [4.69, 9.17) is 9.84 Å². The van der Waals surface area contributed by atoms with Gasteiger partial charge in [0.05, 0.1) is 6.61 Å². The van der Waals surface area contributed by atoms with Crippen LogP contribution in [-0.4, -0.2) is 36.1 Å². The van der Waals surface area contributed by atoms with Crippen LogP contribution >= 0.6 is 0 Å². The summed E-state index contributed by atoms with van der Waals surface area (Å²) in [7, 11) is 0. The lowest BCUT2D eigenvalue weighted by Crippen LogP contribution is -2.42. The number of ether oxygens (including phenoxy) is 1. The average Bonchev–Trinajstić information content (AvgIpc) is 2.44. The minimum Gasteiger partial charge on any atom is -0.493 e. The van der Waals surface area contributed by atoms with Crippen LogP contribution in [0.2, 0.25) is 0 Å². The molecule has 0 bridgehead atoms. The van der Waals surface area contributed by atoms with Crippen molar-refractivity contribution in [1.29, 1.82) is 0 Å². The van der Waals surface area contributed by atoms with Crippen LogP contribution in [-0.2, 0) is 4.79 Å². The number of hydrogen-bond acceptors (Lipinski definition) is 3. The number of amides is 1. The van der Waals surface area contributed by atoms with Gasteiger partial charge in [0, 0.05) is 12.0 Å². The third-order valence-electron chi connectivity index (χ3n) is 2.72. The van der Waals surface area contributed by atoms with E-state index < -0.39 is 30.8 Å². The van der Waals surface area contributed by atoms with Crippen molar-refractivity contribution in [2.45, 2.75) is 32.7 Å². The predicted octanol–water partition coefficient (Wildman–Crippen LogP) is 2.56. The fourth-order valence-electron chi connectivity index (χ4n) is 1.61. The van der Waals surface area contributed by atoms with E-state index in [-0.39, 0.29) is 5.56 Å². The molecule has 0 fully saturated rings. The second-order valence-corrected chi connectivity index (χ2v) is 5.22. The minimum absolute atomic E-state index is 0.178. The molecule has 0 spiro atoms. The summed E-state index contributed by atoms with van der Waals surface area (Å²) in [6.07, 6.45) is -3.75. The van der Waals surface area contributed by atoms with E-state index in [1.165, 1.54) is 12.1 Å². The predicted molar refractivity (Wildman–Crippen MR) is 76.3 cm³/mol. The molecule has 122 valence electrons. The number of carboxylic acids is 1. The lowest BCUT2D eigenvalue weighted by atomic mass is 10.1. The lowest BCUT2D eigenvalue weighted by Gasteiger charge is -2.14. The van der Waals surface area contributed by atoms with Gasteiger partial charge in [-0.15, -0.1) is 0 Å². The molecule has 0 aliphatic rings. The highest BCUT2D eigenvalue weighted by atomic mass is 19.3. The molecule has 0 aliphatic carbocycles. The Balaban J connectivity index is 2.66. The van der Waals surface area contributed by atoms with Crippen molar-refractivity contribution in [3.05, 3.63) is 29.8 Å². The molecule has 1 aromatic rings. The summed E-state index contributed by atoms with van der Waals surface area (Å²) in [6, 6.07) is 4.42. The summed E-state index contributed by atoms with van der Waals surface area (Å²) in [5, 5.41) is 10.9. The Hall–Kier alpha value is -2.18. The van der Waals surface area contributed by atoms with Gasteiger partial charge in [0.25, 0.3) is 5.91 Å². The molecule has 0 radical (unpaired) electrons. The van der Waals surface area contributed by atoms with Crippen LogP contribution in [0.5, 0.6) is 5.75 Å². The van der Waals surface area contributed by atoms with Gasteiger partial charge in [0.1, 0.15) is 11.8 Å². The van der Waals surface area contributed by atoms with Crippen molar-refractivity contribution in [2.75, 3.05) is 6.61 Å². The molecule has 1 atom stereocenters. The first-order chi connectivity index (χ1) is 10.3. The topological polar surface area (TPSA) is 75.6 Å². The van der Waals surface area contributed by atoms with Gasteiger partial charge in [-0.05, 0) is 30.2 Å². The number of aliphatic carboxylic acids is 1. The number of carbonyl (C=O) groups is 2. The first kappa shape index (κ1) is 17.9. The fraction of sp³-hybridized carbons (Fsp3) is 0.467. The van der Waals surface area contributed by atoms with Gasteiger partial charge in [-0.2, -0.15) is 0 Å². The Labute approximate surface area is 127 Å². The molecule has 1 rings (SSSR count). The highest BCUT2D eigenvalue weighted by Gasteiger charge is 2.24. The number of halogens is 2.